The van der Waals surface area contributed by atoms with Gasteiger partial charge in [-0.1, -0.05) is 17.4 Å². The summed E-state index contributed by atoms with van der Waals surface area (Å²) in [5.41, 5.74) is 5.52. The highest BCUT2D eigenvalue weighted by molar-refractivity contribution is 7.89. The summed E-state index contributed by atoms with van der Waals surface area (Å²) in [7, 11) is -3.69. The quantitative estimate of drug-likeness (QED) is 0.494. The standard InChI is InChI=1S/C22H19F2N5O3S2/c23-16-2-1-3-17(24)18(16)19(30)20-21(26)28-22(33-20)27-14-8-10-29(11-9-14)34(31,32)15-6-4-13(12-25)5-7-15/h1-7,14H,8-11,26H2,(H,27,28). The van der Waals surface area contributed by atoms with Gasteiger partial charge in [-0.3, -0.25) is 4.79 Å². The molecule has 1 saturated heterocycles. The van der Waals surface area contributed by atoms with Gasteiger partial charge in [-0.25, -0.2) is 22.2 Å². The molecule has 0 bridgehead atoms. The normalized spacial score (nSPS) is 15.1. The molecule has 8 nitrogen and oxygen atoms in total. The lowest BCUT2D eigenvalue weighted by Crippen LogP contribution is -2.42. The number of piperidine rings is 1. The molecule has 0 unspecified atom stereocenters. The topological polar surface area (TPSA) is 129 Å². The van der Waals surface area contributed by atoms with Crippen molar-refractivity contribution in [1.29, 1.82) is 5.26 Å². The van der Waals surface area contributed by atoms with E-state index in [1.165, 1.54) is 34.6 Å². The van der Waals surface area contributed by atoms with Crippen molar-refractivity contribution in [2.75, 3.05) is 24.1 Å². The minimum Gasteiger partial charge on any atom is -0.382 e. The molecule has 1 fully saturated rings. The van der Waals surface area contributed by atoms with Crippen molar-refractivity contribution in [2.45, 2.75) is 23.8 Å². The molecule has 176 valence electrons. The summed E-state index contributed by atoms with van der Waals surface area (Å²) in [6, 6.07) is 10.7. The van der Waals surface area contributed by atoms with Crippen LogP contribution < -0.4 is 11.1 Å². The Balaban J connectivity index is 1.42. The van der Waals surface area contributed by atoms with E-state index in [9.17, 15) is 22.0 Å². The smallest absolute Gasteiger partial charge is 0.243 e. The SMILES string of the molecule is N#Cc1ccc(S(=O)(=O)N2CCC(Nc3nc(N)c(C(=O)c4c(F)cccc4F)s3)CC2)cc1. The molecule has 2 heterocycles. The number of aromatic nitrogens is 1. The Morgan fingerprint density at radius 2 is 1.76 bits per heavy atom. The van der Waals surface area contributed by atoms with Crippen LogP contribution in [0.3, 0.4) is 0 Å². The van der Waals surface area contributed by atoms with E-state index in [0.717, 1.165) is 23.5 Å². The number of rotatable bonds is 6. The molecule has 1 aliphatic rings. The van der Waals surface area contributed by atoms with Crippen LogP contribution in [-0.2, 0) is 10.0 Å². The number of carbonyl (C=O) groups is 1. The maximum Gasteiger partial charge on any atom is 0.243 e. The molecule has 0 amide bonds. The Labute approximate surface area is 198 Å². The highest BCUT2D eigenvalue weighted by Gasteiger charge is 2.30. The molecule has 0 radical (unpaired) electrons. The fourth-order valence-electron chi connectivity index (χ4n) is 3.65. The van der Waals surface area contributed by atoms with Crippen molar-refractivity contribution >= 4 is 38.1 Å². The van der Waals surface area contributed by atoms with E-state index in [-0.39, 0.29) is 34.7 Å². The van der Waals surface area contributed by atoms with Crippen LogP contribution in [0.25, 0.3) is 0 Å². The fraction of sp³-hybridized carbons (Fsp3) is 0.227. The summed E-state index contributed by atoms with van der Waals surface area (Å²) in [6.45, 7) is 0.514. The molecule has 0 atom stereocenters. The first-order valence-corrected chi connectivity index (χ1v) is 12.5. The van der Waals surface area contributed by atoms with Gasteiger partial charge >= 0.3 is 0 Å². The minimum atomic E-state index is -3.69. The number of sulfonamides is 1. The third-order valence-electron chi connectivity index (χ3n) is 5.45. The maximum atomic E-state index is 14.0. The monoisotopic (exact) mass is 503 g/mol. The Morgan fingerprint density at radius 3 is 2.35 bits per heavy atom. The van der Waals surface area contributed by atoms with E-state index in [2.05, 4.69) is 10.3 Å². The number of ketones is 1. The van der Waals surface area contributed by atoms with Crippen LogP contribution in [0.1, 0.15) is 33.6 Å². The summed E-state index contributed by atoms with van der Waals surface area (Å²) in [5, 5.41) is 12.3. The van der Waals surface area contributed by atoms with Gasteiger partial charge in [0.25, 0.3) is 0 Å². The van der Waals surface area contributed by atoms with Crippen LogP contribution in [0.5, 0.6) is 0 Å². The molecule has 12 heteroatoms. The first-order chi connectivity index (χ1) is 16.2. The highest BCUT2D eigenvalue weighted by Crippen LogP contribution is 2.31. The second-order valence-corrected chi connectivity index (χ2v) is 10.6. The number of hydrogen-bond acceptors (Lipinski definition) is 8. The molecule has 0 aliphatic carbocycles. The number of carbonyl (C=O) groups excluding carboxylic acids is 1. The Hall–Kier alpha value is -3.40. The van der Waals surface area contributed by atoms with Gasteiger partial charge in [-0.05, 0) is 49.2 Å². The second-order valence-electron chi connectivity index (χ2n) is 7.62. The van der Waals surface area contributed by atoms with Crippen molar-refractivity contribution in [3.8, 4) is 6.07 Å². The molecule has 3 aromatic rings. The van der Waals surface area contributed by atoms with E-state index in [1.54, 1.807) is 0 Å². The number of benzene rings is 2. The average molecular weight is 504 g/mol. The number of nitrogens with two attached hydrogens (primary N) is 1. The number of thiazole rings is 1. The summed E-state index contributed by atoms with van der Waals surface area (Å²) >= 11 is 0.892. The molecule has 0 spiro atoms. The van der Waals surface area contributed by atoms with E-state index in [1.807, 2.05) is 6.07 Å². The first-order valence-electron chi connectivity index (χ1n) is 10.2. The molecule has 4 rings (SSSR count). The summed E-state index contributed by atoms with van der Waals surface area (Å²) in [5.74, 6) is -2.99. The molecule has 1 aromatic heterocycles. The zero-order chi connectivity index (χ0) is 24.5. The average Bonchev–Trinajstić information content (AvgIpc) is 3.19. The summed E-state index contributed by atoms with van der Waals surface area (Å²) in [6.07, 6.45) is 0.945. The van der Waals surface area contributed by atoms with Gasteiger partial charge in [0.15, 0.2) is 5.13 Å². The van der Waals surface area contributed by atoms with Crippen molar-refractivity contribution < 1.29 is 22.0 Å². The van der Waals surface area contributed by atoms with Gasteiger partial charge in [0, 0.05) is 19.1 Å². The predicted molar refractivity (Wildman–Crippen MR) is 123 cm³/mol. The molecular weight excluding hydrogens is 484 g/mol. The van der Waals surface area contributed by atoms with Crippen LogP contribution in [0, 0.1) is 23.0 Å². The molecule has 3 N–H and O–H groups in total. The van der Waals surface area contributed by atoms with E-state index < -0.39 is 33.0 Å². The van der Waals surface area contributed by atoms with Gasteiger partial charge in [0.05, 0.1) is 22.1 Å². The number of nitrogens with one attached hydrogen (secondary N) is 1. The van der Waals surface area contributed by atoms with Crippen molar-refractivity contribution in [2.24, 2.45) is 0 Å². The molecule has 0 saturated carbocycles. The fourth-order valence-corrected chi connectivity index (χ4v) is 6.03. The molecule has 34 heavy (non-hydrogen) atoms. The third kappa shape index (κ3) is 4.63. The zero-order valence-electron chi connectivity index (χ0n) is 17.7. The largest absolute Gasteiger partial charge is 0.382 e. The van der Waals surface area contributed by atoms with Gasteiger partial charge in [0.2, 0.25) is 15.8 Å². The van der Waals surface area contributed by atoms with Crippen LogP contribution in [0.15, 0.2) is 47.4 Å². The van der Waals surface area contributed by atoms with Gasteiger partial charge < -0.3 is 11.1 Å². The van der Waals surface area contributed by atoms with Crippen LogP contribution in [0.4, 0.5) is 19.7 Å². The van der Waals surface area contributed by atoms with Crippen molar-refractivity contribution in [3.63, 3.8) is 0 Å². The Morgan fingerprint density at radius 1 is 1.15 bits per heavy atom. The molecular formula is C22H19F2N5O3S2. The van der Waals surface area contributed by atoms with Gasteiger partial charge in [-0.2, -0.15) is 9.57 Å². The summed E-state index contributed by atoms with van der Waals surface area (Å²) < 4.78 is 55.1. The number of nitrogen functional groups attached to an aromatic ring is 1. The van der Waals surface area contributed by atoms with Gasteiger partial charge in [-0.15, -0.1) is 0 Å². The Bertz CT molecular complexity index is 1360. The predicted octanol–water partition coefficient (Wildman–Crippen LogP) is 3.37. The zero-order valence-corrected chi connectivity index (χ0v) is 19.3. The van der Waals surface area contributed by atoms with Crippen molar-refractivity contribution in [3.05, 3.63) is 70.1 Å². The lowest BCUT2D eigenvalue weighted by Gasteiger charge is -2.31. The number of halogens is 2. The third-order valence-corrected chi connectivity index (χ3v) is 8.37. The van der Waals surface area contributed by atoms with E-state index in [4.69, 9.17) is 11.0 Å². The maximum absolute atomic E-state index is 14.0. The minimum absolute atomic E-state index is 0.0765. The van der Waals surface area contributed by atoms with Crippen LogP contribution >= 0.6 is 11.3 Å². The number of hydrogen-bond donors (Lipinski definition) is 2. The number of anilines is 2. The lowest BCUT2D eigenvalue weighted by molar-refractivity contribution is 0.103. The lowest BCUT2D eigenvalue weighted by atomic mass is 10.1. The summed E-state index contributed by atoms with van der Waals surface area (Å²) in [4.78, 5) is 16.8. The van der Waals surface area contributed by atoms with E-state index >= 15 is 0 Å². The molecule has 1 aliphatic heterocycles. The second kappa shape index (κ2) is 9.46. The van der Waals surface area contributed by atoms with Crippen molar-refractivity contribution in [1.82, 2.24) is 9.29 Å². The first kappa shape index (κ1) is 23.7. The van der Waals surface area contributed by atoms with Crippen LogP contribution in [-0.4, -0.2) is 42.6 Å². The van der Waals surface area contributed by atoms with Gasteiger partial charge in [0.1, 0.15) is 22.3 Å². The number of nitriles is 1. The number of nitrogens with zero attached hydrogens (tertiary/aromatic N) is 3. The van der Waals surface area contributed by atoms with Crippen LogP contribution in [0.2, 0.25) is 0 Å². The molecule has 2 aromatic carbocycles. The Kier molecular flexibility index (Phi) is 6.60. The van der Waals surface area contributed by atoms with E-state index in [0.29, 0.717) is 23.5 Å². The highest BCUT2D eigenvalue weighted by atomic mass is 32.2.